The second-order valence-corrected chi connectivity index (χ2v) is 12.7. The quantitative estimate of drug-likeness (QED) is 0.303. The van der Waals surface area contributed by atoms with Gasteiger partial charge >= 0.3 is 0 Å². The Balaban J connectivity index is 1.11. The number of carbonyl (C=O) groups excluding carboxylic acids is 1. The van der Waals surface area contributed by atoms with Crippen molar-refractivity contribution in [3.8, 4) is 22.8 Å². The Morgan fingerprint density at radius 1 is 1.00 bits per heavy atom. The third kappa shape index (κ3) is 5.61. The first-order valence-corrected chi connectivity index (χ1v) is 16.1. The number of piperazine rings is 1. The standard InChI is InChI=1S/C35H43N7O3/c1-22-33-32(39-34(42(33)15-14-36-22)23-8-11-25(12-9-23)41-18-16-40(2)17-19-41)24-10-13-28(31(20-24)45-4)38-35(43)29-21-26-27(37-29)6-5-7-30(26)44-3/h5-7,10,13-15,20,23,25,29,37H,8-9,11-12,16-19,21H2,1-4H3,(H,38,43). The third-order valence-electron chi connectivity index (χ3n) is 10.0. The summed E-state index contributed by atoms with van der Waals surface area (Å²) < 4.78 is 13.5. The Morgan fingerprint density at radius 2 is 1.78 bits per heavy atom. The molecule has 4 aromatic rings. The van der Waals surface area contributed by atoms with Crippen molar-refractivity contribution in [2.45, 2.75) is 57.0 Å². The molecule has 4 heterocycles. The Morgan fingerprint density at radius 3 is 2.53 bits per heavy atom. The number of carbonyl (C=O) groups is 1. The lowest BCUT2D eigenvalue weighted by atomic mass is 9.84. The average molecular weight is 610 g/mol. The SMILES string of the molecule is COc1cc(-c2nc(C3CCC(N4CCN(C)CC4)CC3)n3ccnc(C)c23)ccc1NC(=O)C1Cc2c(cccc2OC)N1. The van der Waals surface area contributed by atoms with Gasteiger partial charge in [-0.2, -0.15) is 0 Å². The van der Waals surface area contributed by atoms with Crippen LogP contribution in [0.1, 0.15) is 48.7 Å². The van der Waals surface area contributed by atoms with Crippen LogP contribution in [0, 0.1) is 6.92 Å². The second-order valence-electron chi connectivity index (χ2n) is 12.7. The zero-order chi connectivity index (χ0) is 31.1. The maximum atomic E-state index is 13.3. The van der Waals surface area contributed by atoms with E-state index in [1.165, 1.54) is 25.9 Å². The number of amides is 1. The van der Waals surface area contributed by atoms with Crippen molar-refractivity contribution in [1.82, 2.24) is 24.2 Å². The van der Waals surface area contributed by atoms with Crippen LogP contribution in [-0.2, 0) is 11.2 Å². The van der Waals surface area contributed by atoms with Crippen LogP contribution in [-0.4, -0.2) is 89.6 Å². The number of likely N-dealkylation sites (N-methyl/N-ethyl adjacent to an activating group) is 1. The molecule has 2 aliphatic heterocycles. The van der Waals surface area contributed by atoms with Crippen LogP contribution in [0.15, 0.2) is 48.8 Å². The van der Waals surface area contributed by atoms with Gasteiger partial charge in [-0.25, -0.2) is 4.98 Å². The Labute approximate surface area is 264 Å². The van der Waals surface area contributed by atoms with Crippen LogP contribution in [0.3, 0.4) is 0 Å². The van der Waals surface area contributed by atoms with Gasteiger partial charge in [-0.1, -0.05) is 12.1 Å². The molecule has 1 unspecified atom stereocenters. The van der Waals surface area contributed by atoms with Crippen molar-refractivity contribution in [3.63, 3.8) is 0 Å². The van der Waals surface area contributed by atoms with Gasteiger partial charge < -0.3 is 25.0 Å². The number of aromatic nitrogens is 3. The molecule has 1 amide bonds. The van der Waals surface area contributed by atoms with Crippen LogP contribution in [0.25, 0.3) is 16.8 Å². The molecule has 0 spiro atoms. The van der Waals surface area contributed by atoms with Crippen LogP contribution in [0.5, 0.6) is 11.5 Å². The highest BCUT2D eigenvalue weighted by Crippen LogP contribution is 2.40. The first-order valence-electron chi connectivity index (χ1n) is 16.1. The fourth-order valence-corrected chi connectivity index (χ4v) is 7.46. The number of benzene rings is 2. The summed E-state index contributed by atoms with van der Waals surface area (Å²) in [7, 11) is 5.50. The van der Waals surface area contributed by atoms with E-state index in [-0.39, 0.29) is 5.91 Å². The first-order chi connectivity index (χ1) is 21.9. The predicted octanol–water partition coefficient (Wildman–Crippen LogP) is 4.97. The summed E-state index contributed by atoms with van der Waals surface area (Å²) in [5.41, 5.74) is 6.36. The van der Waals surface area contributed by atoms with E-state index < -0.39 is 6.04 Å². The number of nitrogens with one attached hydrogen (secondary N) is 2. The van der Waals surface area contributed by atoms with Gasteiger partial charge in [0.05, 0.1) is 36.8 Å². The minimum absolute atomic E-state index is 0.124. The van der Waals surface area contributed by atoms with Crippen LogP contribution >= 0.6 is 0 Å². The number of anilines is 2. The van der Waals surface area contributed by atoms with Gasteiger partial charge in [0.15, 0.2) is 0 Å². The summed E-state index contributed by atoms with van der Waals surface area (Å²) in [5.74, 6) is 2.77. The van der Waals surface area contributed by atoms with Crippen molar-refractivity contribution in [2.75, 3.05) is 58.1 Å². The predicted molar refractivity (Wildman–Crippen MR) is 177 cm³/mol. The molecule has 45 heavy (non-hydrogen) atoms. The smallest absolute Gasteiger partial charge is 0.247 e. The maximum Gasteiger partial charge on any atom is 0.247 e. The zero-order valence-electron chi connectivity index (χ0n) is 26.7. The monoisotopic (exact) mass is 609 g/mol. The minimum atomic E-state index is -0.402. The molecular formula is C35H43N7O3. The normalized spacial score (nSPS) is 22.2. The van der Waals surface area contributed by atoms with Crippen LogP contribution < -0.4 is 20.1 Å². The summed E-state index contributed by atoms with van der Waals surface area (Å²) >= 11 is 0. The second kappa shape index (κ2) is 12.3. The van der Waals surface area contributed by atoms with Gasteiger partial charge in [0.2, 0.25) is 5.91 Å². The van der Waals surface area contributed by atoms with E-state index in [9.17, 15) is 4.79 Å². The van der Waals surface area contributed by atoms with Crippen LogP contribution in [0.4, 0.5) is 11.4 Å². The topological polar surface area (TPSA) is 96.3 Å². The Hall–Kier alpha value is -4.15. The molecule has 1 aliphatic carbocycles. The van der Waals surface area contributed by atoms with Crippen molar-refractivity contribution in [3.05, 3.63) is 65.9 Å². The highest BCUT2D eigenvalue weighted by atomic mass is 16.5. The van der Waals surface area contributed by atoms with Crippen molar-refractivity contribution in [2.24, 2.45) is 0 Å². The molecule has 2 aromatic carbocycles. The van der Waals surface area contributed by atoms with Crippen LogP contribution in [0.2, 0.25) is 0 Å². The lowest BCUT2D eigenvalue weighted by Crippen LogP contribution is -2.49. The van der Waals surface area contributed by atoms with Gasteiger partial charge in [-0.05, 0) is 63.9 Å². The van der Waals surface area contributed by atoms with Gasteiger partial charge in [0, 0.05) is 73.8 Å². The van der Waals surface area contributed by atoms with E-state index >= 15 is 0 Å². The zero-order valence-corrected chi connectivity index (χ0v) is 26.7. The summed E-state index contributed by atoms with van der Waals surface area (Å²) in [6.45, 7) is 6.71. The molecule has 1 atom stereocenters. The number of ether oxygens (including phenoxy) is 2. The van der Waals surface area contributed by atoms with Gasteiger partial charge in [-0.3, -0.25) is 19.1 Å². The lowest BCUT2D eigenvalue weighted by Gasteiger charge is -2.41. The summed E-state index contributed by atoms with van der Waals surface area (Å²) in [6, 6.07) is 12.0. The molecule has 0 bridgehead atoms. The fourth-order valence-electron chi connectivity index (χ4n) is 7.46. The van der Waals surface area contributed by atoms with E-state index in [0.717, 1.165) is 71.2 Å². The Kier molecular flexibility index (Phi) is 8.10. The molecule has 10 heteroatoms. The van der Waals surface area contributed by atoms with Crippen molar-refractivity contribution >= 4 is 22.8 Å². The molecule has 3 aliphatic rings. The molecule has 2 aromatic heterocycles. The molecule has 10 nitrogen and oxygen atoms in total. The largest absolute Gasteiger partial charge is 0.496 e. The number of fused-ring (bicyclic) bond motifs is 2. The fraction of sp³-hybridized carbons (Fsp3) is 0.457. The maximum absolute atomic E-state index is 13.3. The third-order valence-corrected chi connectivity index (χ3v) is 10.0. The summed E-state index contributed by atoms with van der Waals surface area (Å²) in [6.07, 6.45) is 9.16. The molecule has 7 rings (SSSR count). The number of hydrogen-bond donors (Lipinski definition) is 2. The van der Waals surface area contributed by atoms with Gasteiger partial charge in [-0.15, -0.1) is 0 Å². The van der Waals surface area contributed by atoms with Gasteiger partial charge in [0.1, 0.15) is 23.4 Å². The molecule has 1 saturated heterocycles. The highest BCUT2D eigenvalue weighted by molar-refractivity contribution is 5.99. The molecule has 2 N–H and O–H groups in total. The first kappa shape index (κ1) is 29.6. The van der Waals surface area contributed by atoms with Crippen molar-refractivity contribution in [1.29, 1.82) is 0 Å². The lowest BCUT2D eigenvalue weighted by molar-refractivity contribution is -0.116. The van der Waals surface area contributed by atoms with E-state index in [1.807, 2.05) is 55.7 Å². The summed E-state index contributed by atoms with van der Waals surface area (Å²) in [5, 5.41) is 6.41. The average Bonchev–Trinajstić information content (AvgIpc) is 3.69. The Bertz CT molecular complexity index is 1700. The number of hydrogen-bond acceptors (Lipinski definition) is 8. The van der Waals surface area contributed by atoms with E-state index in [4.69, 9.17) is 14.5 Å². The summed E-state index contributed by atoms with van der Waals surface area (Å²) in [4.78, 5) is 28.4. The molecule has 236 valence electrons. The number of aryl methyl sites for hydroxylation is 1. The molecule has 1 saturated carbocycles. The highest BCUT2D eigenvalue weighted by Gasteiger charge is 2.32. The number of nitrogens with zero attached hydrogens (tertiary/aromatic N) is 5. The van der Waals surface area contributed by atoms with Gasteiger partial charge in [0.25, 0.3) is 0 Å². The molecule has 0 radical (unpaired) electrons. The molecular weight excluding hydrogens is 566 g/mol. The number of rotatable bonds is 7. The number of methoxy groups -OCH3 is 2. The molecule has 2 fully saturated rings. The van der Waals surface area contributed by atoms with E-state index in [2.05, 4.69) is 36.9 Å². The van der Waals surface area contributed by atoms with E-state index in [1.54, 1.807) is 14.2 Å². The number of imidazole rings is 1. The minimum Gasteiger partial charge on any atom is -0.496 e. The van der Waals surface area contributed by atoms with Crippen molar-refractivity contribution < 1.29 is 14.3 Å². The van der Waals surface area contributed by atoms with E-state index in [0.29, 0.717) is 29.8 Å².